The van der Waals surface area contributed by atoms with Crippen molar-refractivity contribution < 1.29 is 9.53 Å². The van der Waals surface area contributed by atoms with Crippen molar-refractivity contribution in [1.82, 2.24) is 10.6 Å². The number of rotatable bonds is 3. The van der Waals surface area contributed by atoms with Crippen LogP contribution < -0.4 is 10.6 Å². The first kappa shape index (κ1) is 14.8. The average molecular weight is 255 g/mol. The molecule has 0 spiro atoms. The molecule has 5 nitrogen and oxygen atoms in total. The average Bonchev–Trinajstić information content (AvgIpc) is 2.31. The van der Waals surface area contributed by atoms with Gasteiger partial charge in [-0.05, 0) is 12.3 Å². The Morgan fingerprint density at radius 1 is 1.22 bits per heavy atom. The van der Waals surface area contributed by atoms with E-state index in [2.05, 4.69) is 15.4 Å². The number of amides is 2. The Balaban J connectivity index is 2.11. The maximum absolute atomic E-state index is 11.3. The van der Waals surface area contributed by atoms with E-state index in [0.717, 1.165) is 12.3 Å². The summed E-state index contributed by atoms with van der Waals surface area (Å²) in [6.45, 7) is 0.674. The van der Waals surface area contributed by atoms with Crippen molar-refractivity contribution >= 4 is 12.1 Å². The monoisotopic (exact) mass is 255 g/mol. The van der Waals surface area contributed by atoms with Crippen LogP contribution in [0.3, 0.4) is 0 Å². The fraction of sp³-hybridized carbons (Fsp3) is 0.846. The van der Waals surface area contributed by atoms with Gasteiger partial charge in [0.1, 0.15) is 0 Å². The molecule has 5 heteroatoms. The largest absolute Gasteiger partial charge is 0.468 e. The highest BCUT2D eigenvalue weighted by Crippen LogP contribution is 2.24. The van der Waals surface area contributed by atoms with Gasteiger partial charge in [0.25, 0.3) is 6.02 Å². The molecule has 0 aromatic rings. The van der Waals surface area contributed by atoms with Crippen molar-refractivity contribution in [2.24, 2.45) is 5.92 Å². The zero-order valence-corrected chi connectivity index (χ0v) is 11.3. The van der Waals surface area contributed by atoms with Crippen LogP contribution in [0.25, 0.3) is 0 Å². The quantitative estimate of drug-likeness (QED) is 0.535. The van der Waals surface area contributed by atoms with Crippen molar-refractivity contribution in [3.8, 4) is 0 Å². The third-order valence-corrected chi connectivity index (χ3v) is 3.49. The molecule has 104 valence electrons. The standard InChI is InChI=1S/C13H25N3O2/c1-18-12(14)16-13(17)15-10-9-11-7-5-3-2-4-6-8-11/h11H,2-10H2,1H3,(H3,14,15,16,17). The lowest BCUT2D eigenvalue weighted by Gasteiger charge is -2.19. The summed E-state index contributed by atoms with van der Waals surface area (Å²) >= 11 is 0. The zero-order chi connectivity index (χ0) is 13.2. The summed E-state index contributed by atoms with van der Waals surface area (Å²) in [5.74, 6) is 0.743. The fourth-order valence-corrected chi connectivity index (χ4v) is 2.42. The van der Waals surface area contributed by atoms with Crippen LogP contribution in [-0.2, 0) is 4.74 Å². The smallest absolute Gasteiger partial charge is 0.322 e. The molecule has 1 rings (SSSR count). The lowest BCUT2D eigenvalue weighted by Crippen LogP contribution is -2.40. The molecule has 0 bridgehead atoms. The van der Waals surface area contributed by atoms with E-state index in [-0.39, 0.29) is 12.1 Å². The molecule has 18 heavy (non-hydrogen) atoms. The number of ether oxygens (including phenoxy) is 1. The minimum atomic E-state index is -0.354. The Morgan fingerprint density at radius 2 is 1.83 bits per heavy atom. The van der Waals surface area contributed by atoms with E-state index < -0.39 is 0 Å². The molecule has 1 aliphatic rings. The van der Waals surface area contributed by atoms with Crippen LogP contribution >= 0.6 is 0 Å². The van der Waals surface area contributed by atoms with E-state index in [1.165, 1.54) is 52.1 Å². The molecule has 1 saturated carbocycles. The van der Waals surface area contributed by atoms with E-state index in [1.807, 2.05) is 0 Å². The van der Waals surface area contributed by atoms with E-state index in [1.54, 1.807) is 0 Å². The first-order chi connectivity index (χ1) is 8.72. The number of carbonyl (C=O) groups is 1. The lowest BCUT2D eigenvalue weighted by molar-refractivity contribution is 0.240. The molecule has 3 N–H and O–H groups in total. The van der Waals surface area contributed by atoms with Crippen molar-refractivity contribution in [3.63, 3.8) is 0 Å². The van der Waals surface area contributed by atoms with Crippen LogP contribution in [0.1, 0.15) is 51.4 Å². The Labute approximate surface area is 109 Å². The highest BCUT2D eigenvalue weighted by molar-refractivity contribution is 5.91. The number of amidine groups is 1. The lowest BCUT2D eigenvalue weighted by atomic mass is 9.89. The Morgan fingerprint density at radius 3 is 2.44 bits per heavy atom. The molecule has 0 radical (unpaired) electrons. The van der Waals surface area contributed by atoms with Gasteiger partial charge in [-0.15, -0.1) is 0 Å². The molecule has 2 amide bonds. The van der Waals surface area contributed by atoms with Gasteiger partial charge in [0, 0.05) is 6.54 Å². The van der Waals surface area contributed by atoms with Crippen molar-refractivity contribution in [2.45, 2.75) is 51.4 Å². The van der Waals surface area contributed by atoms with E-state index >= 15 is 0 Å². The first-order valence-corrected chi connectivity index (χ1v) is 6.89. The summed E-state index contributed by atoms with van der Waals surface area (Å²) in [6, 6.07) is -0.578. The van der Waals surface area contributed by atoms with E-state index in [0.29, 0.717) is 6.54 Å². The molecule has 0 atom stereocenters. The molecule has 1 aliphatic carbocycles. The molecular weight excluding hydrogens is 230 g/mol. The summed E-state index contributed by atoms with van der Waals surface area (Å²) in [5.41, 5.74) is 0. The molecule has 0 aromatic carbocycles. The molecule has 0 aromatic heterocycles. The predicted octanol–water partition coefficient (Wildman–Crippen LogP) is 2.62. The van der Waals surface area contributed by atoms with Gasteiger partial charge in [-0.2, -0.15) is 0 Å². The summed E-state index contributed by atoms with van der Waals surface area (Å²) < 4.78 is 4.56. The predicted molar refractivity (Wildman–Crippen MR) is 71.7 cm³/mol. The van der Waals surface area contributed by atoms with Crippen LogP contribution in [0.15, 0.2) is 0 Å². The number of hydrogen-bond acceptors (Lipinski definition) is 3. The van der Waals surface area contributed by atoms with Gasteiger partial charge in [0.2, 0.25) is 0 Å². The van der Waals surface area contributed by atoms with Gasteiger partial charge in [-0.3, -0.25) is 10.7 Å². The SMILES string of the molecule is COC(=N)NC(=O)NCCC1CCCCCCC1. The molecule has 0 unspecified atom stereocenters. The van der Waals surface area contributed by atoms with Gasteiger partial charge in [0.05, 0.1) is 7.11 Å². The zero-order valence-electron chi connectivity index (χ0n) is 11.3. The maximum Gasteiger partial charge on any atom is 0.322 e. The van der Waals surface area contributed by atoms with Crippen LogP contribution in [-0.4, -0.2) is 25.7 Å². The van der Waals surface area contributed by atoms with E-state index in [9.17, 15) is 4.79 Å². The summed E-state index contributed by atoms with van der Waals surface area (Å²) in [5, 5.41) is 12.2. The van der Waals surface area contributed by atoms with Gasteiger partial charge in [-0.25, -0.2) is 4.79 Å². The van der Waals surface area contributed by atoms with Crippen LogP contribution in [0.5, 0.6) is 0 Å². The number of carbonyl (C=O) groups excluding carboxylic acids is 1. The van der Waals surface area contributed by atoms with E-state index in [4.69, 9.17) is 5.41 Å². The second kappa shape index (κ2) is 8.78. The number of hydrogen-bond donors (Lipinski definition) is 3. The second-order valence-corrected chi connectivity index (χ2v) is 4.91. The Hall–Kier alpha value is -1.26. The Kier molecular flexibility index (Phi) is 7.22. The summed E-state index contributed by atoms with van der Waals surface area (Å²) in [7, 11) is 1.36. The molecule has 0 aliphatic heterocycles. The second-order valence-electron chi connectivity index (χ2n) is 4.91. The maximum atomic E-state index is 11.3. The molecule has 0 saturated heterocycles. The molecular formula is C13H25N3O2. The highest BCUT2D eigenvalue weighted by Gasteiger charge is 2.11. The van der Waals surface area contributed by atoms with Gasteiger partial charge >= 0.3 is 6.03 Å². The highest BCUT2D eigenvalue weighted by atomic mass is 16.5. The topological polar surface area (TPSA) is 74.2 Å². The van der Waals surface area contributed by atoms with Gasteiger partial charge < -0.3 is 10.1 Å². The third-order valence-electron chi connectivity index (χ3n) is 3.49. The Bertz CT molecular complexity index is 261. The van der Waals surface area contributed by atoms with Crippen molar-refractivity contribution in [2.75, 3.05) is 13.7 Å². The number of nitrogens with one attached hydrogen (secondary N) is 3. The van der Waals surface area contributed by atoms with Crippen LogP contribution in [0.2, 0.25) is 0 Å². The van der Waals surface area contributed by atoms with Gasteiger partial charge in [-0.1, -0.05) is 44.9 Å². The van der Waals surface area contributed by atoms with Crippen LogP contribution in [0, 0.1) is 11.3 Å². The summed E-state index contributed by atoms with van der Waals surface area (Å²) in [6.07, 6.45) is 10.4. The van der Waals surface area contributed by atoms with Gasteiger partial charge in [0.15, 0.2) is 0 Å². The van der Waals surface area contributed by atoms with Crippen molar-refractivity contribution in [1.29, 1.82) is 5.41 Å². The number of urea groups is 1. The molecule has 0 heterocycles. The van der Waals surface area contributed by atoms with Crippen LogP contribution in [0.4, 0.5) is 4.79 Å². The summed E-state index contributed by atoms with van der Waals surface area (Å²) in [4.78, 5) is 11.3. The minimum absolute atomic E-state index is 0.224. The minimum Gasteiger partial charge on any atom is -0.468 e. The normalized spacial score (nSPS) is 17.4. The fourth-order valence-electron chi connectivity index (χ4n) is 2.42. The number of methoxy groups -OCH3 is 1. The first-order valence-electron chi connectivity index (χ1n) is 6.89. The molecule has 1 fully saturated rings. The third kappa shape index (κ3) is 6.47. The van der Waals surface area contributed by atoms with Crippen molar-refractivity contribution in [3.05, 3.63) is 0 Å².